The van der Waals surface area contributed by atoms with Gasteiger partial charge in [-0.15, -0.1) is 0 Å². The number of amides is 7. The fourth-order valence-corrected chi connectivity index (χ4v) is 7.46. The number of aliphatic imine (C=N–C) groups is 1. The monoisotopic (exact) mass is 995 g/mol. The normalized spacial score (nSPS) is 25.3. The second kappa shape index (κ2) is 29.2. The van der Waals surface area contributed by atoms with Gasteiger partial charge in [0.25, 0.3) is 5.91 Å². The predicted molar refractivity (Wildman–Crippen MR) is 264 cm³/mol. The Morgan fingerprint density at radius 2 is 1.45 bits per heavy atom. The van der Waals surface area contributed by atoms with Crippen molar-refractivity contribution in [2.75, 3.05) is 20.7 Å². The summed E-state index contributed by atoms with van der Waals surface area (Å²) in [6.45, 7) is 14.9. The summed E-state index contributed by atoms with van der Waals surface area (Å²) in [7, 11) is 2.82. The largest absolute Gasteiger partial charge is 0.480 e. The second-order valence-corrected chi connectivity index (χ2v) is 18.3. The highest BCUT2D eigenvalue weighted by Gasteiger charge is 2.37. The molecule has 0 radical (unpaired) electrons. The van der Waals surface area contributed by atoms with Gasteiger partial charge in [-0.3, -0.25) is 38.6 Å². The average Bonchev–Trinajstić information content (AvgIpc) is 3.31. The zero-order chi connectivity index (χ0) is 53.7. The number of nitrogens with zero attached hydrogens (tertiary/aromatic N) is 2. The molecule has 1 aromatic rings. The number of nitrogens with one attached hydrogen (secondary N) is 6. The van der Waals surface area contributed by atoms with Crippen LogP contribution < -0.4 is 43.4 Å². The van der Waals surface area contributed by atoms with Crippen LogP contribution in [0.1, 0.15) is 86.1 Å². The van der Waals surface area contributed by atoms with E-state index in [0.29, 0.717) is 12.0 Å². The minimum absolute atomic E-state index is 0.00610. The Morgan fingerprint density at radius 3 is 2.03 bits per heavy atom. The van der Waals surface area contributed by atoms with Gasteiger partial charge < -0.3 is 63.2 Å². The van der Waals surface area contributed by atoms with Gasteiger partial charge in [-0.1, -0.05) is 95.3 Å². The van der Waals surface area contributed by atoms with Crippen LogP contribution >= 0.6 is 0 Å². The van der Waals surface area contributed by atoms with Crippen molar-refractivity contribution in [3.8, 4) is 0 Å². The van der Waals surface area contributed by atoms with Crippen LogP contribution in [-0.2, 0) is 54.3 Å². The molecule has 22 nitrogen and oxygen atoms in total. The van der Waals surface area contributed by atoms with Gasteiger partial charge in [0, 0.05) is 33.0 Å². The Labute approximate surface area is 415 Å². The molecular formula is C49H74N10O12. The molecular weight excluding hydrogens is 921 g/mol. The maximum absolute atomic E-state index is 14.4. The molecule has 1 aliphatic heterocycles. The van der Waals surface area contributed by atoms with E-state index in [-0.39, 0.29) is 49.7 Å². The Balaban J connectivity index is 2.73. The number of carboxylic acids is 2. The zero-order valence-electron chi connectivity index (χ0n) is 42.2. The number of nitrogens with two attached hydrogens (primary N) is 2. The van der Waals surface area contributed by atoms with Crippen molar-refractivity contribution >= 4 is 59.2 Å². The van der Waals surface area contributed by atoms with Crippen molar-refractivity contribution in [3.63, 3.8) is 0 Å². The lowest BCUT2D eigenvalue weighted by Crippen LogP contribution is -2.59. The molecule has 1 aromatic carbocycles. The molecule has 1 fully saturated rings. The summed E-state index contributed by atoms with van der Waals surface area (Å²) in [6, 6.07) is 0.998. The lowest BCUT2D eigenvalue weighted by atomic mass is 9.94. The van der Waals surface area contributed by atoms with E-state index in [4.69, 9.17) is 16.2 Å². The maximum atomic E-state index is 14.4. The summed E-state index contributed by atoms with van der Waals surface area (Å²) >= 11 is 0. The number of rotatable bonds is 15. The first-order valence-corrected chi connectivity index (χ1v) is 23.5. The van der Waals surface area contributed by atoms with Crippen molar-refractivity contribution in [2.45, 2.75) is 129 Å². The molecule has 12 N–H and O–H groups in total. The molecule has 22 heteroatoms. The molecule has 1 saturated heterocycles. The first-order chi connectivity index (χ1) is 33.3. The fraction of sp³-hybridized carbons (Fsp3) is 0.551. The number of benzene rings is 1. The van der Waals surface area contributed by atoms with Gasteiger partial charge >= 0.3 is 11.9 Å². The molecule has 1 heterocycles. The van der Waals surface area contributed by atoms with E-state index in [1.54, 1.807) is 34.0 Å². The highest BCUT2D eigenvalue weighted by atomic mass is 16.5. The number of hydrogen-bond acceptors (Lipinski definition) is 11. The van der Waals surface area contributed by atoms with Crippen LogP contribution in [0.15, 0.2) is 71.4 Å². The summed E-state index contributed by atoms with van der Waals surface area (Å²) in [5, 5.41) is 35.5. The van der Waals surface area contributed by atoms with E-state index in [0.717, 1.165) is 10.5 Å². The number of carbonyl (C=O) groups excluding carboxylic acids is 7. The summed E-state index contributed by atoms with van der Waals surface area (Å²) in [5.41, 5.74) is 12.4. The van der Waals surface area contributed by atoms with Gasteiger partial charge in [-0.2, -0.15) is 0 Å². The SMILES string of the molecule is C=C1C(=O)N[C@H](C)C(=O)N[C@@H](CC(C)C)C(=O)N[C@@H](C(=O)O)[C@H](C)C(=O)N[C@@H](CCCN=C(N)N)C(=O)NC(/C=C/C(C)=C/[C@H](C)[C@H](Cc2ccccc2)OC)[C@H](C)C(=O)N[C@@H](C(=O)O)CCC(=O)N1C. The molecule has 10 atom stereocenters. The van der Waals surface area contributed by atoms with Crippen LogP contribution in [0.2, 0.25) is 0 Å². The van der Waals surface area contributed by atoms with E-state index >= 15 is 0 Å². The van der Waals surface area contributed by atoms with Gasteiger partial charge in [0.05, 0.1) is 24.0 Å². The molecule has 0 spiro atoms. The Morgan fingerprint density at radius 1 is 0.845 bits per heavy atom. The van der Waals surface area contributed by atoms with E-state index in [1.165, 1.54) is 33.9 Å². The smallest absolute Gasteiger partial charge is 0.327 e. The highest BCUT2D eigenvalue weighted by molar-refractivity contribution is 6.00. The minimum Gasteiger partial charge on any atom is -0.480 e. The van der Waals surface area contributed by atoms with Crippen LogP contribution in [0, 0.1) is 23.7 Å². The van der Waals surface area contributed by atoms with Crippen molar-refractivity contribution in [2.24, 2.45) is 40.1 Å². The topological polar surface area (TPSA) is 343 Å². The molecule has 0 aliphatic carbocycles. The first-order valence-electron chi connectivity index (χ1n) is 23.5. The van der Waals surface area contributed by atoms with Crippen LogP contribution in [0.3, 0.4) is 0 Å². The Hall–Kier alpha value is -7.10. The molecule has 7 amide bonds. The van der Waals surface area contributed by atoms with Crippen LogP contribution in [0.25, 0.3) is 0 Å². The zero-order valence-corrected chi connectivity index (χ0v) is 42.2. The predicted octanol–water partition coefficient (Wildman–Crippen LogP) is 0.618. The molecule has 1 aliphatic rings. The summed E-state index contributed by atoms with van der Waals surface area (Å²) in [5.74, 6) is -12.6. The van der Waals surface area contributed by atoms with Crippen LogP contribution in [0.4, 0.5) is 0 Å². The standard InChI is InChI=1S/C49H74N10O12/c1-26(2)23-37-46(66)58-40(48(69)70)30(6)42(62)55-35(17-14-22-52-49(50)51)45(65)54-34(19-18-27(3)24-28(4)38(71-10)25-33-15-12-11-13-16-33)29(5)41(61)56-36(47(67)68)20-21-39(60)59(9)32(8)44(64)53-31(7)43(63)57-37/h11-13,15-16,18-19,24,26,28-31,34-38,40H,8,14,17,20-23,25H2,1-7,9-10H3,(H,53,64)(H,54,65)(H,55,62)(H,56,61)(H,57,63)(H,58,66)(H,67,68)(H,69,70)(H4,50,51,52)/b19-18+,27-24+/t28-,29-,30-,31+,34?,35-,36+,37-,38-,40+/m0/s1. The van der Waals surface area contributed by atoms with Crippen molar-refractivity contribution < 1.29 is 58.1 Å². The molecule has 0 bridgehead atoms. The van der Waals surface area contributed by atoms with Crippen LogP contribution in [0.5, 0.6) is 0 Å². The van der Waals surface area contributed by atoms with Gasteiger partial charge in [0.2, 0.25) is 35.4 Å². The van der Waals surface area contributed by atoms with Crippen molar-refractivity contribution in [1.82, 2.24) is 36.8 Å². The van der Waals surface area contributed by atoms with Gasteiger partial charge in [-0.25, -0.2) is 9.59 Å². The molecule has 392 valence electrons. The summed E-state index contributed by atoms with van der Waals surface area (Å²) < 4.78 is 5.81. The van der Waals surface area contributed by atoms with Gasteiger partial charge in [0.15, 0.2) is 5.96 Å². The first kappa shape index (κ1) is 60.0. The van der Waals surface area contributed by atoms with Crippen molar-refractivity contribution in [3.05, 3.63) is 72.0 Å². The number of hydrogen-bond donors (Lipinski definition) is 10. The number of methoxy groups -OCH3 is 1. The number of aliphatic carboxylic acids is 2. The number of allylic oxidation sites excluding steroid dienone is 2. The average molecular weight is 995 g/mol. The molecule has 1 unspecified atom stereocenters. The lowest BCUT2D eigenvalue weighted by molar-refractivity contribution is -0.146. The maximum Gasteiger partial charge on any atom is 0.327 e. The molecule has 71 heavy (non-hydrogen) atoms. The molecule has 0 saturated carbocycles. The van der Waals surface area contributed by atoms with E-state index in [2.05, 4.69) is 43.5 Å². The number of likely N-dealkylation sites (N-methyl/N-ethyl adjacent to an activating group) is 1. The van der Waals surface area contributed by atoms with Gasteiger partial charge in [-0.05, 0) is 57.4 Å². The lowest BCUT2D eigenvalue weighted by Gasteiger charge is -2.28. The van der Waals surface area contributed by atoms with E-state index in [1.807, 2.05) is 43.3 Å². The minimum atomic E-state index is -1.88. The summed E-state index contributed by atoms with van der Waals surface area (Å²) in [4.78, 5) is 126. The fourth-order valence-electron chi connectivity index (χ4n) is 7.46. The Bertz CT molecular complexity index is 2160. The van der Waals surface area contributed by atoms with Gasteiger partial charge in [0.1, 0.15) is 35.9 Å². The number of carbonyl (C=O) groups is 9. The summed E-state index contributed by atoms with van der Waals surface area (Å²) in [6.07, 6.45) is 4.64. The third kappa shape index (κ3) is 20.0. The number of guanidine groups is 1. The molecule has 0 aromatic heterocycles. The Kier molecular flexibility index (Phi) is 24.7. The molecule has 2 rings (SSSR count). The van der Waals surface area contributed by atoms with E-state index < -0.39 is 120 Å². The quantitative estimate of drug-likeness (QED) is 0.0379. The van der Waals surface area contributed by atoms with E-state index in [9.17, 15) is 53.4 Å². The van der Waals surface area contributed by atoms with Crippen LogP contribution in [-0.4, -0.2) is 137 Å². The third-order valence-corrected chi connectivity index (χ3v) is 12.0. The number of ether oxygens (including phenoxy) is 1. The third-order valence-electron chi connectivity index (χ3n) is 12.0. The number of carboxylic acid groups (broad SMARTS) is 2. The van der Waals surface area contributed by atoms with Crippen molar-refractivity contribution in [1.29, 1.82) is 0 Å². The second-order valence-electron chi connectivity index (χ2n) is 18.3. The highest BCUT2D eigenvalue weighted by Crippen LogP contribution is 2.19.